The van der Waals surface area contributed by atoms with Gasteiger partial charge >= 0.3 is 0 Å². The first kappa shape index (κ1) is 12.5. The van der Waals surface area contributed by atoms with E-state index in [0.717, 1.165) is 25.3 Å². The largest absolute Gasteiger partial charge is 0.395 e. The molecule has 0 aromatic carbocycles. The van der Waals surface area contributed by atoms with E-state index >= 15 is 0 Å². The molecule has 1 saturated heterocycles. The van der Waals surface area contributed by atoms with Crippen LogP contribution in [0.5, 0.6) is 0 Å². The molecule has 0 amide bonds. The lowest BCUT2D eigenvalue weighted by Crippen LogP contribution is -2.56. The Morgan fingerprint density at radius 1 is 1.41 bits per heavy atom. The average molecular weight is 235 g/mol. The van der Waals surface area contributed by atoms with Crippen molar-refractivity contribution < 1.29 is 5.11 Å². The molecular formula is C13H21N3O. The predicted molar refractivity (Wildman–Crippen MR) is 67.6 cm³/mol. The topological polar surface area (TPSA) is 39.6 Å². The van der Waals surface area contributed by atoms with Crippen LogP contribution in [0.3, 0.4) is 0 Å². The number of hydrogen-bond acceptors (Lipinski definition) is 4. The van der Waals surface area contributed by atoms with E-state index in [-0.39, 0.29) is 12.6 Å². The lowest BCUT2D eigenvalue weighted by Gasteiger charge is -2.43. The number of hydrogen-bond donors (Lipinski definition) is 1. The highest BCUT2D eigenvalue weighted by Gasteiger charge is 2.29. The van der Waals surface area contributed by atoms with Gasteiger partial charge in [0.25, 0.3) is 0 Å². The SMILES string of the molecule is CC1CN(Cc2ccccn2)C(CO)CN1C. The van der Waals surface area contributed by atoms with Crippen LogP contribution in [0.1, 0.15) is 12.6 Å². The number of likely N-dealkylation sites (N-methyl/N-ethyl adjacent to an activating group) is 1. The molecule has 2 unspecified atom stereocenters. The van der Waals surface area contributed by atoms with E-state index in [1.54, 1.807) is 0 Å². The molecule has 1 aliphatic rings. The lowest BCUT2D eigenvalue weighted by atomic mass is 10.1. The normalized spacial score (nSPS) is 27.2. The van der Waals surface area contributed by atoms with E-state index in [4.69, 9.17) is 0 Å². The van der Waals surface area contributed by atoms with Crippen molar-refractivity contribution >= 4 is 0 Å². The van der Waals surface area contributed by atoms with Crippen molar-refractivity contribution in [3.8, 4) is 0 Å². The number of rotatable bonds is 3. The summed E-state index contributed by atoms with van der Waals surface area (Å²) in [4.78, 5) is 8.98. The van der Waals surface area contributed by atoms with Crippen molar-refractivity contribution in [3.63, 3.8) is 0 Å². The molecule has 1 fully saturated rings. The van der Waals surface area contributed by atoms with Gasteiger partial charge in [-0.2, -0.15) is 0 Å². The van der Waals surface area contributed by atoms with Gasteiger partial charge in [0, 0.05) is 37.9 Å². The Balaban J connectivity index is 2.03. The second-order valence-electron chi connectivity index (χ2n) is 4.88. The highest BCUT2D eigenvalue weighted by atomic mass is 16.3. The van der Waals surface area contributed by atoms with Crippen LogP contribution < -0.4 is 0 Å². The van der Waals surface area contributed by atoms with Gasteiger partial charge in [-0.1, -0.05) is 6.07 Å². The summed E-state index contributed by atoms with van der Waals surface area (Å²) in [6, 6.07) is 6.73. The number of nitrogens with zero attached hydrogens (tertiary/aromatic N) is 3. The van der Waals surface area contributed by atoms with Crippen LogP contribution in [0.2, 0.25) is 0 Å². The molecule has 0 aliphatic carbocycles. The third kappa shape index (κ3) is 3.03. The summed E-state index contributed by atoms with van der Waals surface area (Å²) >= 11 is 0. The molecule has 17 heavy (non-hydrogen) atoms. The van der Waals surface area contributed by atoms with E-state index < -0.39 is 0 Å². The first-order valence-corrected chi connectivity index (χ1v) is 6.15. The van der Waals surface area contributed by atoms with Crippen LogP contribution in [-0.4, -0.2) is 58.7 Å². The second kappa shape index (κ2) is 5.58. The minimum Gasteiger partial charge on any atom is -0.395 e. The van der Waals surface area contributed by atoms with Crippen LogP contribution in [0, 0.1) is 0 Å². The lowest BCUT2D eigenvalue weighted by molar-refractivity contribution is 0.0167. The fourth-order valence-electron chi connectivity index (χ4n) is 2.32. The van der Waals surface area contributed by atoms with Crippen LogP contribution >= 0.6 is 0 Å². The minimum atomic E-state index is 0.212. The summed E-state index contributed by atoms with van der Waals surface area (Å²) in [6.07, 6.45) is 1.82. The van der Waals surface area contributed by atoms with Gasteiger partial charge in [-0.3, -0.25) is 9.88 Å². The van der Waals surface area contributed by atoms with Crippen molar-refractivity contribution in [2.24, 2.45) is 0 Å². The molecular weight excluding hydrogens is 214 g/mol. The molecule has 0 spiro atoms. The monoisotopic (exact) mass is 235 g/mol. The molecule has 4 heteroatoms. The fourth-order valence-corrected chi connectivity index (χ4v) is 2.32. The average Bonchev–Trinajstić information content (AvgIpc) is 2.35. The van der Waals surface area contributed by atoms with Crippen molar-refractivity contribution in [1.29, 1.82) is 0 Å². The Bertz CT molecular complexity index is 344. The van der Waals surface area contributed by atoms with Crippen LogP contribution in [0.25, 0.3) is 0 Å². The first-order chi connectivity index (χ1) is 8.20. The molecule has 2 rings (SSSR count). The first-order valence-electron chi connectivity index (χ1n) is 6.15. The molecule has 1 aromatic rings. The highest BCUT2D eigenvalue weighted by Crippen LogP contribution is 2.15. The molecule has 2 atom stereocenters. The highest BCUT2D eigenvalue weighted by molar-refractivity contribution is 5.04. The Hall–Kier alpha value is -0.970. The Morgan fingerprint density at radius 2 is 2.24 bits per heavy atom. The van der Waals surface area contributed by atoms with Gasteiger partial charge < -0.3 is 10.0 Å². The summed E-state index contributed by atoms with van der Waals surface area (Å²) in [6.45, 7) is 5.16. The van der Waals surface area contributed by atoms with Crippen molar-refractivity contribution in [2.45, 2.75) is 25.6 Å². The van der Waals surface area contributed by atoms with Crippen molar-refractivity contribution in [3.05, 3.63) is 30.1 Å². The molecule has 1 aromatic heterocycles. The summed E-state index contributed by atoms with van der Waals surface area (Å²) in [5.41, 5.74) is 1.07. The van der Waals surface area contributed by atoms with Crippen molar-refractivity contribution in [2.75, 3.05) is 26.7 Å². The molecule has 0 saturated carbocycles. The molecule has 1 aliphatic heterocycles. The van der Waals surface area contributed by atoms with Gasteiger partial charge in [-0.05, 0) is 26.1 Å². The quantitative estimate of drug-likeness (QED) is 0.832. The number of aliphatic hydroxyl groups excluding tert-OH is 1. The molecule has 94 valence electrons. The summed E-state index contributed by atoms with van der Waals surface area (Å²) in [5.74, 6) is 0. The third-order valence-corrected chi connectivity index (χ3v) is 3.57. The zero-order valence-electron chi connectivity index (χ0n) is 10.6. The number of aliphatic hydroxyl groups is 1. The van der Waals surface area contributed by atoms with Crippen LogP contribution in [0.15, 0.2) is 24.4 Å². The number of pyridine rings is 1. The molecule has 0 bridgehead atoms. The van der Waals surface area contributed by atoms with Gasteiger partial charge in [0.15, 0.2) is 0 Å². The Kier molecular flexibility index (Phi) is 4.10. The van der Waals surface area contributed by atoms with E-state index in [1.165, 1.54) is 0 Å². The summed E-state index contributed by atoms with van der Waals surface area (Å²) in [7, 11) is 2.12. The van der Waals surface area contributed by atoms with Crippen molar-refractivity contribution in [1.82, 2.24) is 14.8 Å². The fraction of sp³-hybridized carbons (Fsp3) is 0.615. The predicted octanol–water partition coefficient (Wildman–Crippen LogP) is 0.578. The maximum Gasteiger partial charge on any atom is 0.0599 e. The van der Waals surface area contributed by atoms with Crippen LogP contribution in [-0.2, 0) is 6.54 Å². The number of aromatic nitrogens is 1. The van der Waals surface area contributed by atoms with Gasteiger partial charge in [-0.15, -0.1) is 0 Å². The molecule has 4 nitrogen and oxygen atoms in total. The summed E-state index contributed by atoms with van der Waals surface area (Å²) in [5, 5.41) is 9.45. The standard InChI is InChI=1S/C13H21N3O/c1-11-7-16(13(10-17)9-15(11)2)8-12-5-3-4-6-14-12/h3-6,11,13,17H,7-10H2,1-2H3. The van der Waals surface area contributed by atoms with Crippen LogP contribution in [0.4, 0.5) is 0 Å². The smallest absolute Gasteiger partial charge is 0.0599 e. The zero-order valence-corrected chi connectivity index (χ0v) is 10.6. The Labute approximate surface area is 103 Å². The van der Waals surface area contributed by atoms with E-state index in [1.807, 2.05) is 24.4 Å². The van der Waals surface area contributed by atoms with Gasteiger partial charge in [0.1, 0.15) is 0 Å². The number of piperazine rings is 1. The van der Waals surface area contributed by atoms with E-state index in [9.17, 15) is 5.11 Å². The van der Waals surface area contributed by atoms with Gasteiger partial charge in [0.2, 0.25) is 0 Å². The zero-order chi connectivity index (χ0) is 12.3. The van der Waals surface area contributed by atoms with E-state index in [0.29, 0.717) is 6.04 Å². The van der Waals surface area contributed by atoms with Gasteiger partial charge in [0.05, 0.1) is 12.3 Å². The third-order valence-electron chi connectivity index (χ3n) is 3.57. The molecule has 2 heterocycles. The summed E-state index contributed by atoms with van der Waals surface area (Å²) < 4.78 is 0. The molecule has 0 radical (unpaired) electrons. The van der Waals surface area contributed by atoms with Gasteiger partial charge in [-0.25, -0.2) is 0 Å². The molecule has 1 N–H and O–H groups in total. The second-order valence-corrected chi connectivity index (χ2v) is 4.88. The Morgan fingerprint density at radius 3 is 2.88 bits per heavy atom. The minimum absolute atomic E-state index is 0.212. The maximum absolute atomic E-state index is 9.45. The maximum atomic E-state index is 9.45. The van der Waals surface area contributed by atoms with E-state index in [2.05, 4.69) is 28.8 Å².